The monoisotopic (exact) mass is 313 g/mol. The van der Waals surface area contributed by atoms with Crippen molar-refractivity contribution in [3.63, 3.8) is 0 Å². The zero-order chi connectivity index (χ0) is 12.7. The summed E-state index contributed by atoms with van der Waals surface area (Å²) in [6.45, 7) is 0.558. The maximum absolute atomic E-state index is 11.7. The van der Waals surface area contributed by atoms with Crippen LogP contribution in [-0.4, -0.2) is 29.1 Å². The minimum absolute atomic E-state index is 0.0550. The van der Waals surface area contributed by atoms with Crippen molar-refractivity contribution in [2.75, 3.05) is 18.1 Å². The summed E-state index contributed by atoms with van der Waals surface area (Å²) in [5.74, 6) is 3.79. The first kappa shape index (κ1) is 13.9. The summed E-state index contributed by atoms with van der Waals surface area (Å²) in [6.07, 6.45) is 5.10. The van der Waals surface area contributed by atoms with Crippen molar-refractivity contribution >= 4 is 33.6 Å². The van der Waals surface area contributed by atoms with Gasteiger partial charge in [-0.25, -0.2) is 0 Å². The number of hydrogen-bond donors (Lipinski definition) is 2. The van der Waals surface area contributed by atoms with Crippen molar-refractivity contribution in [1.29, 1.82) is 0 Å². The van der Waals surface area contributed by atoms with Gasteiger partial charge < -0.3 is 10.4 Å². The molecule has 0 saturated heterocycles. The lowest BCUT2D eigenvalue weighted by Crippen LogP contribution is -2.25. The highest BCUT2D eigenvalue weighted by atomic mass is 79.9. The Labute approximate surface area is 113 Å². The normalized spacial score (nSPS) is 9.65. The number of thioether (sulfide) groups is 1. The molecule has 0 aliphatic heterocycles. The van der Waals surface area contributed by atoms with Crippen LogP contribution in [-0.2, 0) is 0 Å². The molecule has 0 aliphatic carbocycles. The highest BCUT2D eigenvalue weighted by molar-refractivity contribution is 9.10. The van der Waals surface area contributed by atoms with E-state index in [0.29, 0.717) is 22.3 Å². The predicted octanol–water partition coefficient (Wildman–Crippen LogP) is 2.25. The number of phenolic OH excluding ortho intramolecular Hbond substituents is 1. The van der Waals surface area contributed by atoms with Crippen LogP contribution in [0.2, 0.25) is 0 Å². The number of aromatic hydroxyl groups is 1. The molecule has 0 fully saturated rings. The van der Waals surface area contributed by atoms with Crippen molar-refractivity contribution in [1.82, 2.24) is 5.32 Å². The van der Waals surface area contributed by atoms with E-state index in [4.69, 9.17) is 6.42 Å². The van der Waals surface area contributed by atoms with E-state index < -0.39 is 0 Å². The van der Waals surface area contributed by atoms with E-state index in [1.165, 1.54) is 6.07 Å². The molecule has 1 aromatic carbocycles. The molecule has 0 saturated carbocycles. The fraction of sp³-hybridized carbons (Fsp3) is 0.250. The van der Waals surface area contributed by atoms with Crippen LogP contribution < -0.4 is 5.32 Å². The summed E-state index contributed by atoms with van der Waals surface area (Å²) in [5.41, 5.74) is 0.438. The Kier molecular flexibility index (Phi) is 5.95. The third-order valence-corrected chi connectivity index (χ3v) is 3.46. The molecule has 0 radical (unpaired) electrons. The number of nitrogens with one attached hydrogen (secondary N) is 1. The molecule has 1 aromatic rings. The fourth-order valence-corrected chi connectivity index (χ4v) is 1.88. The minimum Gasteiger partial charge on any atom is -0.507 e. The van der Waals surface area contributed by atoms with E-state index in [9.17, 15) is 9.90 Å². The van der Waals surface area contributed by atoms with Gasteiger partial charge in [0, 0.05) is 17.9 Å². The largest absolute Gasteiger partial charge is 0.507 e. The van der Waals surface area contributed by atoms with Crippen molar-refractivity contribution in [3.8, 4) is 18.1 Å². The third-order valence-electron chi connectivity index (χ3n) is 1.93. The van der Waals surface area contributed by atoms with Gasteiger partial charge in [0.1, 0.15) is 5.75 Å². The molecule has 0 atom stereocenters. The van der Waals surface area contributed by atoms with Gasteiger partial charge in [0.2, 0.25) is 0 Å². The molecule has 0 heterocycles. The Morgan fingerprint density at radius 2 is 2.35 bits per heavy atom. The second-order valence-electron chi connectivity index (χ2n) is 3.18. The lowest BCUT2D eigenvalue weighted by molar-refractivity contribution is 0.0956. The molecule has 1 amide bonds. The zero-order valence-corrected chi connectivity index (χ0v) is 11.5. The molecule has 5 heteroatoms. The molecule has 0 spiro atoms. The predicted molar refractivity (Wildman–Crippen MR) is 74.3 cm³/mol. The van der Waals surface area contributed by atoms with Crippen molar-refractivity contribution in [2.45, 2.75) is 0 Å². The van der Waals surface area contributed by atoms with Gasteiger partial charge in [0.15, 0.2) is 0 Å². The molecule has 17 heavy (non-hydrogen) atoms. The first-order valence-electron chi connectivity index (χ1n) is 4.93. The highest BCUT2D eigenvalue weighted by Crippen LogP contribution is 2.24. The van der Waals surface area contributed by atoms with Gasteiger partial charge in [0.05, 0.1) is 10.2 Å². The van der Waals surface area contributed by atoms with Crippen molar-refractivity contribution < 1.29 is 9.90 Å². The summed E-state index contributed by atoms with van der Waals surface area (Å²) in [4.78, 5) is 11.7. The molecule has 90 valence electrons. The first-order valence-corrected chi connectivity index (χ1v) is 6.88. The Morgan fingerprint density at radius 1 is 1.59 bits per heavy atom. The van der Waals surface area contributed by atoms with Gasteiger partial charge in [0.25, 0.3) is 5.91 Å². The van der Waals surface area contributed by atoms with Crippen LogP contribution in [0.1, 0.15) is 10.4 Å². The fourth-order valence-electron chi connectivity index (χ4n) is 1.12. The van der Waals surface area contributed by atoms with Crippen LogP contribution in [0.5, 0.6) is 5.75 Å². The molecule has 0 aromatic heterocycles. The Hall–Kier alpha value is -1.12. The third kappa shape index (κ3) is 4.72. The van der Waals surface area contributed by atoms with E-state index >= 15 is 0 Å². The number of halogens is 1. The number of terminal acetylenes is 1. The molecular formula is C12H12BrNO2S. The molecule has 0 bridgehead atoms. The van der Waals surface area contributed by atoms with E-state index in [0.717, 1.165) is 5.75 Å². The van der Waals surface area contributed by atoms with Crippen LogP contribution in [0, 0.1) is 12.3 Å². The maximum Gasteiger partial charge on any atom is 0.251 e. The summed E-state index contributed by atoms with van der Waals surface area (Å²) in [7, 11) is 0. The summed E-state index contributed by atoms with van der Waals surface area (Å²) in [6, 6.07) is 4.71. The lowest BCUT2D eigenvalue weighted by Gasteiger charge is -2.05. The number of amides is 1. The van der Waals surface area contributed by atoms with Gasteiger partial charge in [-0.05, 0) is 34.1 Å². The van der Waals surface area contributed by atoms with Crippen LogP contribution in [0.4, 0.5) is 0 Å². The summed E-state index contributed by atoms with van der Waals surface area (Å²) in [5, 5.41) is 12.2. The number of rotatable bonds is 5. The summed E-state index contributed by atoms with van der Waals surface area (Å²) >= 11 is 4.74. The van der Waals surface area contributed by atoms with Crippen LogP contribution in [0.3, 0.4) is 0 Å². The number of carbonyl (C=O) groups is 1. The van der Waals surface area contributed by atoms with Gasteiger partial charge in [-0.15, -0.1) is 18.2 Å². The van der Waals surface area contributed by atoms with Crippen molar-refractivity contribution in [2.24, 2.45) is 0 Å². The van der Waals surface area contributed by atoms with E-state index in [2.05, 4.69) is 27.2 Å². The van der Waals surface area contributed by atoms with Crippen LogP contribution in [0.25, 0.3) is 0 Å². The zero-order valence-electron chi connectivity index (χ0n) is 9.07. The van der Waals surface area contributed by atoms with Gasteiger partial charge in [-0.1, -0.05) is 5.92 Å². The number of hydrogen-bond acceptors (Lipinski definition) is 3. The summed E-state index contributed by atoms with van der Waals surface area (Å²) < 4.78 is 0.568. The SMILES string of the molecule is C#CCSCCNC(=O)c1ccc(Br)c(O)c1. The highest BCUT2D eigenvalue weighted by Gasteiger charge is 2.07. The van der Waals surface area contributed by atoms with E-state index in [1.807, 2.05) is 0 Å². The standard InChI is InChI=1S/C12H12BrNO2S/c1-2-6-17-7-5-14-12(16)9-3-4-10(13)11(15)8-9/h1,3-4,8,15H,5-7H2,(H,14,16). The van der Waals surface area contributed by atoms with Gasteiger partial charge in [-0.2, -0.15) is 0 Å². The Morgan fingerprint density at radius 3 is 3.00 bits per heavy atom. The Balaban J connectivity index is 2.42. The molecule has 3 nitrogen and oxygen atoms in total. The lowest BCUT2D eigenvalue weighted by atomic mass is 10.2. The average molecular weight is 314 g/mol. The molecule has 0 aliphatic rings. The molecule has 1 rings (SSSR count). The van der Waals surface area contributed by atoms with E-state index in [1.54, 1.807) is 23.9 Å². The molecule has 0 unspecified atom stereocenters. The van der Waals surface area contributed by atoms with Gasteiger partial charge in [-0.3, -0.25) is 4.79 Å². The first-order chi connectivity index (χ1) is 8.15. The molecule has 2 N–H and O–H groups in total. The Bertz CT molecular complexity index is 443. The minimum atomic E-state index is -0.200. The van der Waals surface area contributed by atoms with Gasteiger partial charge >= 0.3 is 0 Å². The second-order valence-corrected chi connectivity index (χ2v) is 5.14. The second kappa shape index (κ2) is 7.25. The maximum atomic E-state index is 11.7. The average Bonchev–Trinajstić information content (AvgIpc) is 2.32. The number of benzene rings is 1. The topological polar surface area (TPSA) is 49.3 Å². The quantitative estimate of drug-likeness (QED) is 0.647. The van der Waals surface area contributed by atoms with E-state index in [-0.39, 0.29) is 11.7 Å². The number of phenols is 1. The van der Waals surface area contributed by atoms with Crippen molar-refractivity contribution in [3.05, 3.63) is 28.2 Å². The molecular weight excluding hydrogens is 302 g/mol. The smallest absolute Gasteiger partial charge is 0.251 e. The van der Waals surface area contributed by atoms with Crippen LogP contribution in [0.15, 0.2) is 22.7 Å². The number of carbonyl (C=O) groups excluding carboxylic acids is 1. The van der Waals surface area contributed by atoms with Crippen LogP contribution >= 0.6 is 27.7 Å².